The predicted octanol–water partition coefficient (Wildman–Crippen LogP) is -6.62. The molecule has 16 nitrogen and oxygen atoms in total. The maximum absolute atomic E-state index is 12.6. The lowest BCUT2D eigenvalue weighted by atomic mass is 9.83. The fourth-order valence-electron chi connectivity index (χ4n) is 4.75. The van der Waals surface area contributed by atoms with Gasteiger partial charge in [-0.2, -0.15) is 0 Å². The Balaban J connectivity index is 1.83. The maximum atomic E-state index is 12.6. The van der Waals surface area contributed by atoms with Gasteiger partial charge in [0.1, 0.15) is 42.7 Å². The van der Waals surface area contributed by atoms with Gasteiger partial charge in [-0.1, -0.05) is 12.2 Å². The number of carbonyl (C=O) groups excluding carboxylic acids is 1. The number of nitrogens with two attached hydrogens (primary N) is 5. The van der Waals surface area contributed by atoms with Gasteiger partial charge in [0.2, 0.25) is 5.91 Å². The first-order valence-corrected chi connectivity index (χ1v) is 12.6. The van der Waals surface area contributed by atoms with Crippen molar-refractivity contribution in [1.29, 1.82) is 0 Å². The summed E-state index contributed by atoms with van der Waals surface area (Å²) in [5.74, 6) is -0.771. The van der Waals surface area contributed by atoms with Crippen molar-refractivity contribution in [2.75, 3.05) is 19.7 Å². The smallest absolute Gasteiger partial charge is 0.249 e. The van der Waals surface area contributed by atoms with Crippen molar-refractivity contribution in [3.05, 3.63) is 12.2 Å². The highest BCUT2D eigenvalue weighted by Crippen LogP contribution is 2.31. The summed E-state index contributed by atoms with van der Waals surface area (Å²) in [5.41, 5.74) is 29.4. The summed E-state index contributed by atoms with van der Waals surface area (Å²) in [5, 5.41) is 54.3. The Morgan fingerprint density at radius 2 is 1.68 bits per heavy atom. The van der Waals surface area contributed by atoms with Crippen molar-refractivity contribution in [2.24, 2.45) is 28.7 Å². The van der Waals surface area contributed by atoms with Crippen LogP contribution in [0.1, 0.15) is 12.8 Å². The van der Waals surface area contributed by atoms with Crippen molar-refractivity contribution in [1.82, 2.24) is 5.32 Å². The van der Waals surface area contributed by atoms with Crippen LogP contribution in [0, 0.1) is 0 Å². The van der Waals surface area contributed by atoms with E-state index in [0.717, 1.165) is 0 Å². The lowest BCUT2D eigenvalue weighted by molar-refractivity contribution is -0.312. The van der Waals surface area contributed by atoms with Crippen molar-refractivity contribution < 1.29 is 49.3 Å². The second-order valence-corrected chi connectivity index (χ2v) is 9.82. The molecule has 16 N–H and O–H groups in total. The van der Waals surface area contributed by atoms with Gasteiger partial charge in [-0.3, -0.25) is 4.79 Å². The SMILES string of the molecule is NCC[C@H](O)C(=O)N[C@@H]1C[C@H](N)[C@@H](O[C@H]2O[C@H](CN)C=C[C@H]2N)[C@@H](O)[C@H]1O[C@H]1O[C@H](CO)[C@H](O)[C@H](N)[C@H]1O. The van der Waals surface area contributed by atoms with E-state index in [4.69, 9.17) is 47.6 Å². The molecule has 0 radical (unpaired) electrons. The average Bonchev–Trinajstić information content (AvgIpc) is 2.89. The van der Waals surface area contributed by atoms with Gasteiger partial charge in [0.25, 0.3) is 0 Å². The highest BCUT2D eigenvalue weighted by atomic mass is 16.7. The Morgan fingerprint density at radius 3 is 2.32 bits per heavy atom. The zero-order valence-corrected chi connectivity index (χ0v) is 20.9. The number of nitrogens with one attached hydrogen (secondary N) is 1. The van der Waals surface area contributed by atoms with E-state index in [2.05, 4.69) is 5.32 Å². The van der Waals surface area contributed by atoms with E-state index >= 15 is 0 Å². The third kappa shape index (κ3) is 7.04. The molecule has 1 saturated carbocycles. The molecular formula is C22H42N6O10. The van der Waals surface area contributed by atoms with Crippen molar-refractivity contribution in [2.45, 2.75) is 98.4 Å². The highest BCUT2D eigenvalue weighted by molar-refractivity contribution is 5.80. The average molecular weight is 551 g/mol. The van der Waals surface area contributed by atoms with Crippen molar-refractivity contribution in [3.8, 4) is 0 Å². The summed E-state index contributed by atoms with van der Waals surface area (Å²) >= 11 is 0. The van der Waals surface area contributed by atoms with Crippen LogP contribution in [0.3, 0.4) is 0 Å². The van der Waals surface area contributed by atoms with E-state index in [0.29, 0.717) is 0 Å². The van der Waals surface area contributed by atoms with E-state index in [-0.39, 0.29) is 25.9 Å². The van der Waals surface area contributed by atoms with Gasteiger partial charge >= 0.3 is 0 Å². The number of hydrogen-bond donors (Lipinski definition) is 11. The Morgan fingerprint density at radius 1 is 1.00 bits per heavy atom. The lowest BCUT2D eigenvalue weighted by Gasteiger charge is -2.48. The molecule has 1 saturated heterocycles. The number of rotatable bonds is 10. The first-order valence-electron chi connectivity index (χ1n) is 12.6. The zero-order chi connectivity index (χ0) is 28.1. The molecule has 220 valence electrons. The standard InChI is InChI=1S/C22H42N6O10/c23-4-3-12(30)20(34)28-11-5-10(26)18(37-21-9(25)2-1-8(6-24)35-21)17(33)19(11)38-22-16(32)14(27)15(31)13(7-29)36-22/h1-2,8-19,21-22,29-33H,3-7,23-27H2,(H,28,34)/t8-,9+,10-,11+,12-,13+,14-,15-,16+,17+,18+,19-,21+,22+/m0/s1. The van der Waals surface area contributed by atoms with Gasteiger partial charge < -0.3 is 78.5 Å². The van der Waals surface area contributed by atoms with Crippen LogP contribution in [0.2, 0.25) is 0 Å². The highest BCUT2D eigenvalue weighted by Gasteiger charge is 2.51. The molecule has 0 aromatic carbocycles. The summed E-state index contributed by atoms with van der Waals surface area (Å²) in [7, 11) is 0. The first-order chi connectivity index (χ1) is 18.0. The third-order valence-electron chi connectivity index (χ3n) is 7.01. The molecule has 0 aromatic heterocycles. The second kappa shape index (κ2) is 13.8. The molecule has 14 atom stereocenters. The molecule has 2 heterocycles. The fourth-order valence-corrected chi connectivity index (χ4v) is 4.75. The number of aliphatic hydroxyl groups excluding tert-OH is 5. The summed E-state index contributed by atoms with van der Waals surface area (Å²) in [6.07, 6.45) is -9.11. The molecule has 1 aliphatic carbocycles. The molecule has 0 spiro atoms. The Hall–Kier alpha value is -1.35. The van der Waals surface area contributed by atoms with Gasteiger partial charge in [-0.05, 0) is 19.4 Å². The molecule has 0 aromatic rings. The third-order valence-corrected chi connectivity index (χ3v) is 7.01. The number of aliphatic hydroxyl groups is 5. The summed E-state index contributed by atoms with van der Waals surface area (Å²) in [6.45, 7) is -0.395. The van der Waals surface area contributed by atoms with E-state index < -0.39 is 98.1 Å². The molecule has 0 unspecified atom stereocenters. The zero-order valence-electron chi connectivity index (χ0n) is 20.9. The molecule has 1 amide bonds. The summed E-state index contributed by atoms with van der Waals surface area (Å²) in [4.78, 5) is 12.6. The quantitative estimate of drug-likeness (QED) is 0.113. The molecule has 2 fully saturated rings. The van der Waals surface area contributed by atoms with Gasteiger partial charge in [0, 0.05) is 12.6 Å². The summed E-state index contributed by atoms with van der Waals surface area (Å²) < 4.78 is 23.1. The van der Waals surface area contributed by atoms with Crippen molar-refractivity contribution in [3.63, 3.8) is 0 Å². The van der Waals surface area contributed by atoms with Crippen LogP contribution < -0.4 is 34.0 Å². The first kappa shape index (κ1) is 31.2. The van der Waals surface area contributed by atoms with E-state index in [1.807, 2.05) is 0 Å². The van der Waals surface area contributed by atoms with Crippen LogP contribution in [-0.4, -0.2) is 137 Å². The Kier molecular flexibility index (Phi) is 11.3. The van der Waals surface area contributed by atoms with Crippen molar-refractivity contribution >= 4 is 5.91 Å². The lowest BCUT2D eigenvalue weighted by Crippen LogP contribution is -2.69. The molecule has 3 aliphatic rings. The Bertz CT molecular complexity index is 796. The minimum absolute atomic E-state index is 0.00646. The van der Waals surface area contributed by atoms with Gasteiger partial charge in [-0.25, -0.2) is 0 Å². The van der Waals surface area contributed by atoms with Crippen LogP contribution in [-0.2, 0) is 23.7 Å². The number of carbonyl (C=O) groups is 1. The molecule has 3 rings (SSSR count). The van der Waals surface area contributed by atoms with Crippen LogP contribution in [0.25, 0.3) is 0 Å². The molecule has 38 heavy (non-hydrogen) atoms. The van der Waals surface area contributed by atoms with Gasteiger partial charge in [-0.15, -0.1) is 0 Å². The number of hydrogen-bond acceptors (Lipinski definition) is 15. The van der Waals surface area contributed by atoms with Crippen LogP contribution in [0.5, 0.6) is 0 Å². The Labute approximate surface area is 220 Å². The van der Waals surface area contributed by atoms with Gasteiger partial charge in [0.15, 0.2) is 12.6 Å². The number of ether oxygens (including phenoxy) is 4. The fraction of sp³-hybridized carbons (Fsp3) is 0.864. The summed E-state index contributed by atoms with van der Waals surface area (Å²) in [6, 6.07) is -3.77. The topological polar surface area (TPSA) is 297 Å². The largest absolute Gasteiger partial charge is 0.394 e. The monoisotopic (exact) mass is 550 g/mol. The van der Waals surface area contributed by atoms with E-state index in [1.165, 1.54) is 0 Å². The maximum Gasteiger partial charge on any atom is 0.249 e. The number of amides is 1. The van der Waals surface area contributed by atoms with E-state index in [9.17, 15) is 30.3 Å². The molecule has 0 bridgehead atoms. The van der Waals surface area contributed by atoms with Gasteiger partial charge in [0.05, 0.1) is 30.8 Å². The van der Waals surface area contributed by atoms with Crippen LogP contribution in [0.4, 0.5) is 0 Å². The minimum atomic E-state index is -1.56. The van der Waals surface area contributed by atoms with Crippen LogP contribution >= 0.6 is 0 Å². The van der Waals surface area contributed by atoms with E-state index in [1.54, 1.807) is 12.2 Å². The second-order valence-electron chi connectivity index (χ2n) is 9.82. The molecular weight excluding hydrogens is 508 g/mol. The molecule has 2 aliphatic heterocycles. The molecule has 16 heteroatoms. The predicted molar refractivity (Wildman–Crippen MR) is 131 cm³/mol. The van der Waals surface area contributed by atoms with Crippen LogP contribution in [0.15, 0.2) is 12.2 Å². The normalized spacial score (nSPS) is 44.5. The minimum Gasteiger partial charge on any atom is -0.394 e.